The summed E-state index contributed by atoms with van der Waals surface area (Å²) in [5.74, 6) is 0.349. The number of hydrogen-bond donors (Lipinski definition) is 2. The van der Waals surface area contributed by atoms with Crippen LogP contribution in [0.2, 0.25) is 0 Å². The molecular weight excluding hydrogens is 266 g/mol. The fourth-order valence-corrected chi connectivity index (χ4v) is 1.68. The maximum absolute atomic E-state index is 11.8. The number of nitriles is 1. The zero-order chi connectivity index (χ0) is 14.9. The monoisotopic (exact) mass is 287 g/mol. The van der Waals surface area contributed by atoms with Gasteiger partial charge in [-0.05, 0) is 39.2 Å². The highest BCUT2D eigenvalue weighted by Crippen LogP contribution is 2.08. The lowest BCUT2D eigenvalue weighted by Gasteiger charge is -2.23. The van der Waals surface area contributed by atoms with E-state index in [1.165, 1.54) is 0 Å². The molecule has 2 amide bonds. The van der Waals surface area contributed by atoms with Gasteiger partial charge < -0.3 is 15.4 Å². The Morgan fingerprint density at radius 2 is 2.05 bits per heavy atom. The van der Waals surface area contributed by atoms with Gasteiger partial charge in [-0.15, -0.1) is 0 Å². The summed E-state index contributed by atoms with van der Waals surface area (Å²) >= 11 is 1.57. The lowest BCUT2D eigenvalue weighted by molar-refractivity contribution is -0.123. The Hall–Kier alpha value is -1.42. The average molecular weight is 287 g/mol. The van der Waals surface area contributed by atoms with Gasteiger partial charge in [0.25, 0.3) is 0 Å². The second-order valence-electron chi connectivity index (χ2n) is 4.86. The van der Waals surface area contributed by atoms with Gasteiger partial charge in [-0.1, -0.05) is 0 Å². The minimum atomic E-state index is -0.685. The topological polar surface area (TPSA) is 91.2 Å². The minimum Gasteiger partial charge on any atom is -0.444 e. The van der Waals surface area contributed by atoms with Crippen LogP contribution in [0.1, 0.15) is 27.2 Å². The van der Waals surface area contributed by atoms with Crippen molar-refractivity contribution in [1.82, 2.24) is 10.6 Å². The standard InChI is InChI=1S/C12H21N3O3S/c1-12(2,3)18-11(17)15-9(5-8-19-4)10(16)14-7-6-13/h9H,5,7-8H2,1-4H3,(H,14,16)(H,15,17). The Labute approximate surface area is 118 Å². The molecule has 0 fully saturated rings. The van der Waals surface area contributed by atoms with E-state index < -0.39 is 17.7 Å². The number of hydrogen-bond acceptors (Lipinski definition) is 5. The molecule has 0 saturated heterocycles. The number of amides is 2. The van der Waals surface area contributed by atoms with E-state index in [-0.39, 0.29) is 12.5 Å². The zero-order valence-electron chi connectivity index (χ0n) is 11.8. The van der Waals surface area contributed by atoms with Crippen molar-refractivity contribution in [1.29, 1.82) is 5.26 Å². The summed E-state index contributed by atoms with van der Waals surface area (Å²) in [5.41, 5.74) is -0.614. The molecule has 0 spiro atoms. The Morgan fingerprint density at radius 1 is 1.42 bits per heavy atom. The zero-order valence-corrected chi connectivity index (χ0v) is 12.6. The first kappa shape index (κ1) is 17.6. The molecule has 6 nitrogen and oxygen atoms in total. The molecule has 0 saturated carbocycles. The van der Waals surface area contributed by atoms with Crippen LogP contribution in [0.3, 0.4) is 0 Å². The summed E-state index contributed by atoms with van der Waals surface area (Å²) < 4.78 is 5.10. The molecule has 0 bridgehead atoms. The van der Waals surface area contributed by atoms with Gasteiger partial charge in [-0.25, -0.2) is 4.79 Å². The molecule has 0 aromatic carbocycles. The molecule has 7 heteroatoms. The van der Waals surface area contributed by atoms with Crippen LogP contribution in [0.4, 0.5) is 4.79 Å². The maximum atomic E-state index is 11.8. The molecule has 0 aromatic heterocycles. The normalized spacial score (nSPS) is 12.2. The van der Waals surface area contributed by atoms with Crippen LogP contribution in [0.15, 0.2) is 0 Å². The summed E-state index contributed by atoms with van der Waals surface area (Å²) in [7, 11) is 0. The summed E-state index contributed by atoms with van der Waals surface area (Å²) in [6.45, 7) is 5.17. The van der Waals surface area contributed by atoms with Gasteiger partial charge in [-0.2, -0.15) is 17.0 Å². The number of thioether (sulfide) groups is 1. The molecule has 1 unspecified atom stereocenters. The van der Waals surface area contributed by atoms with Gasteiger partial charge in [0.2, 0.25) is 5.91 Å². The Kier molecular flexibility index (Phi) is 8.00. The van der Waals surface area contributed by atoms with Crippen molar-refractivity contribution < 1.29 is 14.3 Å². The summed E-state index contributed by atoms with van der Waals surface area (Å²) in [6, 6.07) is 1.14. The molecule has 0 aromatic rings. The number of nitrogens with one attached hydrogen (secondary N) is 2. The second kappa shape index (κ2) is 8.64. The molecular formula is C12H21N3O3S. The van der Waals surface area contributed by atoms with Crippen LogP contribution in [0, 0.1) is 11.3 Å². The lowest BCUT2D eigenvalue weighted by Crippen LogP contribution is -2.48. The predicted molar refractivity (Wildman–Crippen MR) is 74.8 cm³/mol. The molecule has 1 atom stereocenters. The number of alkyl carbamates (subject to hydrolysis) is 1. The number of rotatable bonds is 6. The summed E-state index contributed by atoms with van der Waals surface area (Å²) in [5, 5.41) is 13.4. The third-order valence-corrected chi connectivity index (χ3v) is 2.60. The summed E-state index contributed by atoms with van der Waals surface area (Å²) in [4.78, 5) is 23.4. The van der Waals surface area contributed by atoms with Crippen LogP contribution < -0.4 is 10.6 Å². The lowest BCUT2D eigenvalue weighted by atomic mass is 10.2. The van der Waals surface area contributed by atoms with Gasteiger partial charge in [-0.3, -0.25) is 4.79 Å². The van der Waals surface area contributed by atoms with Crippen molar-refractivity contribution in [2.75, 3.05) is 18.6 Å². The average Bonchev–Trinajstić information content (AvgIpc) is 2.29. The quantitative estimate of drug-likeness (QED) is 0.718. The van der Waals surface area contributed by atoms with Crippen LogP contribution in [0.25, 0.3) is 0 Å². The van der Waals surface area contributed by atoms with E-state index in [1.807, 2.05) is 12.3 Å². The molecule has 0 heterocycles. The van der Waals surface area contributed by atoms with Crippen LogP contribution in [0.5, 0.6) is 0 Å². The highest BCUT2D eigenvalue weighted by Gasteiger charge is 2.23. The van der Waals surface area contributed by atoms with Crippen molar-refractivity contribution in [2.45, 2.75) is 38.8 Å². The van der Waals surface area contributed by atoms with Crippen LogP contribution in [-0.2, 0) is 9.53 Å². The third-order valence-electron chi connectivity index (χ3n) is 1.96. The molecule has 0 aliphatic carbocycles. The first-order valence-electron chi connectivity index (χ1n) is 5.93. The highest BCUT2D eigenvalue weighted by atomic mass is 32.2. The van der Waals surface area contributed by atoms with Crippen molar-refractivity contribution in [2.24, 2.45) is 0 Å². The predicted octanol–water partition coefficient (Wildman–Crippen LogP) is 1.27. The smallest absolute Gasteiger partial charge is 0.408 e. The number of carbonyl (C=O) groups is 2. The van der Waals surface area contributed by atoms with E-state index in [1.54, 1.807) is 32.5 Å². The van der Waals surface area contributed by atoms with Gasteiger partial charge in [0.15, 0.2) is 0 Å². The molecule has 108 valence electrons. The fraction of sp³-hybridized carbons (Fsp3) is 0.750. The Morgan fingerprint density at radius 3 is 2.53 bits per heavy atom. The fourth-order valence-electron chi connectivity index (χ4n) is 1.20. The van der Waals surface area contributed by atoms with E-state index in [2.05, 4.69) is 10.6 Å². The SMILES string of the molecule is CSCCC(NC(=O)OC(C)(C)C)C(=O)NCC#N. The van der Waals surface area contributed by atoms with E-state index in [0.717, 1.165) is 5.75 Å². The maximum Gasteiger partial charge on any atom is 0.408 e. The van der Waals surface area contributed by atoms with Gasteiger partial charge >= 0.3 is 6.09 Å². The first-order valence-corrected chi connectivity index (χ1v) is 7.32. The molecule has 0 aliphatic heterocycles. The third kappa shape index (κ3) is 9.19. The van der Waals surface area contributed by atoms with E-state index in [0.29, 0.717) is 6.42 Å². The molecule has 19 heavy (non-hydrogen) atoms. The van der Waals surface area contributed by atoms with Gasteiger partial charge in [0.1, 0.15) is 18.2 Å². The van der Waals surface area contributed by atoms with Gasteiger partial charge in [0.05, 0.1) is 6.07 Å². The number of carbonyl (C=O) groups excluding carboxylic acids is 2. The Bertz CT molecular complexity index is 347. The van der Waals surface area contributed by atoms with E-state index in [9.17, 15) is 9.59 Å². The first-order chi connectivity index (χ1) is 8.80. The number of ether oxygens (including phenoxy) is 1. The van der Waals surface area contributed by atoms with Crippen molar-refractivity contribution >= 4 is 23.8 Å². The van der Waals surface area contributed by atoms with Crippen molar-refractivity contribution in [3.8, 4) is 6.07 Å². The highest BCUT2D eigenvalue weighted by molar-refractivity contribution is 7.98. The van der Waals surface area contributed by atoms with Crippen molar-refractivity contribution in [3.63, 3.8) is 0 Å². The van der Waals surface area contributed by atoms with E-state index in [4.69, 9.17) is 10.00 Å². The van der Waals surface area contributed by atoms with Crippen LogP contribution in [-0.4, -0.2) is 42.2 Å². The van der Waals surface area contributed by atoms with Crippen LogP contribution >= 0.6 is 11.8 Å². The molecule has 0 aliphatic rings. The van der Waals surface area contributed by atoms with Crippen molar-refractivity contribution in [3.05, 3.63) is 0 Å². The molecule has 2 N–H and O–H groups in total. The molecule has 0 rings (SSSR count). The summed E-state index contributed by atoms with van der Waals surface area (Å²) in [6.07, 6.45) is 1.76. The number of nitrogens with zero attached hydrogens (tertiary/aromatic N) is 1. The second-order valence-corrected chi connectivity index (χ2v) is 5.84. The Balaban J connectivity index is 4.46. The largest absolute Gasteiger partial charge is 0.444 e. The van der Waals surface area contributed by atoms with E-state index >= 15 is 0 Å². The van der Waals surface area contributed by atoms with Gasteiger partial charge in [0, 0.05) is 0 Å². The minimum absolute atomic E-state index is 0.0788. The molecule has 0 radical (unpaired) electrons.